The number of amides is 2. The molecule has 6 heteroatoms. The summed E-state index contributed by atoms with van der Waals surface area (Å²) in [5.74, 6) is 0.00698. The number of anilines is 1. The monoisotopic (exact) mass is 407 g/mol. The van der Waals surface area contributed by atoms with Crippen LogP contribution in [0.3, 0.4) is 0 Å². The lowest BCUT2D eigenvalue weighted by atomic mass is 9.91. The Morgan fingerprint density at radius 1 is 0.833 bits per heavy atom. The van der Waals surface area contributed by atoms with Gasteiger partial charge in [0.25, 0.3) is 0 Å². The normalized spacial score (nSPS) is 21.4. The van der Waals surface area contributed by atoms with Gasteiger partial charge in [0.15, 0.2) is 0 Å². The Labute approximate surface area is 176 Å². The third kappa shape index (κ3) is 3.55. The van der Waals surface area contributed by atoms with E-state index in [1.54, 1.807) is 12.1 Å². The quantitative estimate of drug-likeness (QED) is 0.786. The molecular formula is C24H26FN3O2. The van der Waals surface area contributed by atoms with E-state index in [0.29, 0.717) is 32.7 Å². The zero-order chi connectivity index (χ0) is 20.7. The highest BCUT2D eigenvalue weighted by Crippen LogP contribution is 2.38. The van der Waals surface area contributed by atoms with E-state index in [1.807, 2.05) is 28.0 Å². The molecule has 5 nitrogen and oxygen atoms in total. The van der Waals surface area contributed by atoms with Gasteiger partial charge in [0, 0.05) is 44.3 Å². The largest absolute Gasteiger partial charge is 0.368 e. The number of hydrogen-bond donors (Lipinski definition) is 0. The predicted octanol–water partition coefficient (Wildman–Crippen LogP) is 3.01. The highest BCUT2D eigenvalue weighted by molar-refractivity contribution is 5.91. The van der Waals surface area contributed by atoms with Crippen molar-refractivity contribution in [3.05, 3.63) is 65.5 Å². The molecule has 1 saturated heterocycles. The summed E-state index contributed by atoms with van der Waals surface area (Å²) < 4.78 is 13.2. The smallest absolute Gasteiger partial charge is 0.250 e. The molecule has 0 bridgehead atoms. The van der Waals surface area contributed by atoms with Gasteiger partial charge in [-0.1, -0.05) is 24.3 Å². The van der Waals surface area contributed by atoms with Crippen molar-refractivity contribution in [3.63, 3.8) is 0 Å². The van der Waals surface area contributed by atoms with Crippen LogP contribution in [0.4, 0.5) is 10.1 Å². The summed E-state index contributed by atoms with van der Waals surface area (Å²) in [4.78, 5) is 32.5. The highest BCUT2D eigenvalue weighted by atomic mass is 19.1. The Kier molecular flexibility index (Phi) is 4.93. The minimum Gasteiger partial charge on any atom is -0.368 e. The molecule has 0 unspecified atom stereocenters. The molecule has 2 aromatic rings. The van der Waals surface area contributed by atoms with Crippen molar-refractivity contribution in [2.75, 3.05) is 37.6 Å². The van der Waals surface area contributed by atoms with E-state index in [2.05, 4.69) is 11.0 Å². The molecule has 30 heavy (non-hydrogen) atoms. The Bertz CT molecular complexity index is 949. The number of fused-ring (bicyclic) bond motifs is 1. The van der Waals surface area contributed by atoms with Crippen molar-refractivity contribution in [3.8, 4) is 0 Å². The zero-order valence-corrected chi connectivity index (χ0v) is 17.0. The number of carbonyl (C=O) groups is 2. The second-order valence-electron chi connectivity index (χ2n) is 8.45. The third-order valence-electron chi connectivity index (χ3n) is 6.51. The molecule has 0 spiro atoms. The van der Waals surface area contributed by atoms with Crippen molar-refractivity contribution >= 4 is 17.5 Å². The molecule has 0 aromatic heterocycles. The first-order chi connectivity index (χ1) is 14.6. The molecule has 0 radical (unpaired) electrons. The van der Waals surface area contributed by atoms with Crippen molar-refractivity contribution in [1.29, 1.82) is 0 Å². The Morgan fingerprint density at radius 2 is 1.53 bits per heavy atom. The predicted molar refractivity (Wildman–Crippen MR) is 113 cm³/mol. The molecule has 5 rings (SSSR count). The number of hydrogen-bond acceptors (Lipinski definition) is 3. The van der Waals surface area contributed by atoms with Gasteiger partial charge in [-0.2, -0.15) is 0 Å². The van der Waals surface area contributed by atoms with Crippen LogP contribution in [0.2, 0.25) is 0 Å². The lowest BCUT2D eigenvalue weighted by Crippen LogP contribution is -2.54. The second kappa shape index (κ2) is 7.74. The molecule has 0 N–H and O–H groups in total. The molecule has 2 aromatic carbocycles. The first kappa shape index (κ1) is 19.1. The molecule has 1 atom stereocenters. The van der Waals surface area contributed by atoms with Crippen LogP contribution in [-0.2, 0) is 16.0 Å². The fourth-order valence-corrected chi connectivity index (χ4v) is 4.64. The molecule has 2 heterocycles. The average Bonchev–Trinajstić information content (AvgIpc) is 3.63. The minimum absolute atomic E-state index is 0.0231. The van der Waals surface area contributed by atoms with Gasteiger partial charge in [-0.05, 0) is 54.7 Å². The van der Waals surface area contributed by atoms with Crippen LogP contribution in [0.1, 0.15) is 30.0 Å². The molecule has 2 aliphatic heterocycles. The third-order valence-corrected chi connectivity index (χ3v) is 6.51. The number of nitrogens with zero attached hydrogens (tertiary/aromatic N) is 3. The summed E-state index contributed by atoms with van der Waals surface area (Å²) in [6.45, 7) is 3.20. The van der Waals surface area contributed by atoms with Gasteiger partial charge < -0.3 is 14.7 Å². The summed E-state index contributed by atoms with van der Waals surface area (Å²) in [7, 11) is 0. The summed E-state index contributed by atoms with van der Waals surface area (Å²) >= 11 is 0. The van der Waals surface area contributed by atoms with E-state index < -0.39 is 6.04 Å². The van der Waals surface area contributed by atoms with Crippen molar-refractivity contribution in [2.45, 2.75) is 25.3 Å². The van der Waals surface area contributed by atoms with Crippen LogP contribution in [0, 0.1) is 11.7 Å². The van der Waals surface area contributed by atoms with Crippen molar-refractivity contribution in [1.82, 2.24) is 9.80 Å². The van der Waals surface area contributed by atoms with Gasteiger partial charge >= 0.3 is 0 Å². The first-order valence-corrected chi connectivity index (χ1v) is 10.8. The van der Waals surface area contributed by atoms with Crippen molar-refractivity contribution in [2.24, 2.45) is 5.92 Å². The van der Waals surface area contributed by atoms with Crippen LogP contribution < -0.4 is 4.90 Å². The van der Waals surface area contributed by atoms with Gasteiger partial charge in [-0.15, -0.1) is 0 Å². The second-order valence-corrected chi connectivity index (χ2v) is 8.45. The summed E-state index contributed by atoms with van der Waals surface area (Å²) in [6.07, 6.45) is 2.68. The molecule has 2 fully saturated rings. The molecule has 2 amide bonds. The maximum absolute atomic E-state index is 13.6. The first-order valence-electron chi connectivity index (χ1n) is 10.8. The van der Waals surface area contributed by atoms with E-state index in [4.69, 9.17) is 0 Å². The lowest BCUT2D eigenvalue weighted by molar-refractivity contribution is -0.147. The minimum atomic E-state index is -0.513. The van der Waals surface area contributed by atoms with Gasteiger partial charge in [-0.3, -0.25) is 9.59 Å². The van der Waals surface area contributed by atoms with Crippen LogP contribution in [-0.4, -0.2) is 54.3 Å². The topological polar surface area (TPSA) is 43.9 Å². The fourth-order valence-electron chi connectivity index (χ4n) is 4.64. The maximum atomic E-state index is 13.6. The molecule has 1 aliphatic carbocycles. The van der Waals surface area contributed by atoms with E-state index in [0.717, 1.165) is 30.5 Å². The van der Waals surface area contributed by atoms with Crippen molar-refractivity contribution < 1.29 is 14.0 Å². The molecule has 156 valence electrons. The number of halogens is 1. The maximum Gasteiger partial charge on any atom is 0.250 e. The standard InChI is InChI=1S/C24H26FN3O2/c25-19-7-9-20(10-8-19)26-13-15-27(16-14-26)24(30)22-21-4-2-1-3-17(21)11-12-28(22)23(29)18-5-6-18/h1-4,7-10,18,22H,5-6,11-16H2/t22-/m1/s1. The average molecular weight is 407 g/mol. The lowest BCUT2D eigenvalue weighted by Gasteiger charge is -2.42. The summed E-state index contributed by atoms with van der Waals surface area (Å²) in [6, 6.07) is 14.0. The summed E-state index contributed by atoms with van der Waals surface area (Å²) in [5, 5.41) is 0. The van der Waals surface area contributed by atoms with E-state index in [9.17, 15) is 14.0 Å². The Balaban J connectivity index is 1.34. The number of benzene rings is 2. The van der Waals surface area contributed by atoms with Crippen LogP contribution in [0.25, 0.3) is 0 Å². The number of piperazine rings is 1. The van der Waals surface area contributed by atoms with Gasteiger partial charge in [0.05, 0.1) is 0 Å². The van der Waals surface area contributed by atoms with Gasteiger partial charge in [-0.25, -0.2) is 4.39 Å². The molecule has 3 aliphatic rings. The number of rotatable bonds is 3. The number of carbonyl (C=O) groups excluding carboxylic acids is 2. The van der Waals surface area contributed by atoms with Gasteiger partial charge in [0.2, 0.25) is 11.8 Å². The zero-order valence-electron chi connectivity index (χ0n) is 17.0. The van der Waals surface area contributed by atoms with Crippen LogP contribution in [0.15, 0.2) is 48.5 Å². The Hall–Kier alpha value is -2.89. The van der Waals surface area contributed by atoms with E-state index >= 15 is 0 Å². The summed E-state index contributed by atoms with van der Waals surface area (Å²) in [5.41, 5.74) is 3.11. The molecule has 1 saturated carbocycles. The Morgan fingerprint density at radius 3 is 2.23 bits per heavy atom. The van der Waals surface area contributed by atoms with E-state index in [1.165, 1.54) is 17.7 Å². The highest BCUT2D eigenvalue weighted by Gasteiger charge is 2.43. The van der Waals surface area contributed by atoms with E-state index in [-0.39, 0.29) is 23.5 Å². The van der Waals surface area contributed by atoms with Crippen LogP contribution >= 0.6 is 0 Å². The SMILES string of the molecule is O=C([C@H]1c2ccccc2CCN1C(=O)C1CC1)N1CCN(c2ccc(F)cc2)CC1. The molecular weight excluding hydrogens is 381 g/mol. The van der Waals surface area contributed by atoms with Crippen LogP contribution in [0.5, 0.6) is 0 Å². The van der Waals surface area contributed by atoms with Gasteiger partial charge in [0.1, 0.15) is 11.9 Å². The fraction of sp³-hybridized carbons (Fsp3) is 0.417.